The number of carbonyl (C=O) groups excluding carboxylic acids is 3. The maximum atomic E-state index is 11.8. The fraction of sp³-hybridized carbons (Fsp3) is 0.364. The molecule has 0 radical (unpaired) electrons. The normalized spacial score (nSPS) is 10.7. The number of nitrogens with two attached hydrogens (primary N) is 1. The molecule has 2 aromatic carbocycles. The summed E-state index contributed by atoms with van der Waals surface area (Å²) < 4.78 is 4.00. The van der Waals surface area contributed by atoms with Gasteiger partial charge in [0.15, 0.2) is 0 Å². The number of imide groups is 1. The van der Waals surface area contributed by atoms with Crippen LogP contribution in [0.5, 0.6) is 0 Å². The van der Waals surface area contributed by atoms with Crippen LogP contribution in [0, 0.1) is 0 Å². The Bertz CT molecular complexity index is 2510. The van der Waals surface area contributed by atoms with Crippen LogP contribution in [0.15, 0.2) is 135 Å². The number of anilines is 4. The largest absolute Gasteiger partial charge is 0.385 e. The molecule has 14 heteroatoms. The fourth-order valence-electron chi connectivity index (χ4n) is 7.52. The zero-order valence-electron chi connectivity index (χ0n) is 41.1. The number of hydrogen-bond donors (Lipinski definition) is 5. The second kappa shape index (κ2) is 29.9. The van der Waals surface area contributed by atoms with Gasteiger partial charge < -0.3 is 27.0 Å². The molecule has 0 unspecified atom stereocenters. The lowest BCUT2D eigenvalue weighted by Crippen LogP contribution is -2.35. The van der Waals surface area contributed by atoms with Crippen LogP contribution in [0.2, 0.25) is 0 Å². The van der Waals surface area contributed by atoms with Crippen LogP contribution >= 0.6 is 11.6 Å². The van der Waals surface area contributed by atoms with Gasteiger partial charge in [0.05, 0.1) is 23.4 Å². The van der Waals surface area contributed by atoms with Crippen molar-refractivity contribution in [1.82, 2.24) is 24.1 Å². The third kappa shape index (κ3) is 18.0. The van der Waals surface area contributed by atoms with Gasteiger partial charge >= 0.3 is 0 Å². The van der Waals surface area contributed by atoms with Crippen molar-refractivity contribution in [2.75, 3.05) is 47.4 Å². The van der Waals surface area contributed by atoms with Crippen LogP contribution in [0.1, 0.15) is 113 Å². The molecule has 0 fully saturated rings. The molecule has 2 amide bonds. The Morgan fingerprint density at radius 2 is 1.01 bits per heavy atom. The number of nitrogens with zero attached hydrogens (tertiary/aromatic N) is 5. The molecule has 4 aromatic heterocycles. The van der Waals surface area contributed by atoms with E-state index in [-0.39, 0.29) is 11.8 Å². The number of aromatic nitrogens is 4. The number of hydrogen-bond acceptors (Lipinski definition) is 10. The maximum absolute atomic E-state index is 11.8. The standard InChI is InChI=1S/C29H37N5O2.C23H33N5.C3H3ClO/c1-5-28(35)33(29(36)6-2)17-13-8-7-12-16-30-24-18-26-25(22(3)4)21-32-34(26)27(19-24)31-20-23-14-10-9-11-15-23;1-18(2)21-17-27-28-22(21)14-20(25-13-9-4-3-8-12-24)15-23(28)26-16-19-10-6-5-7-11-19;1-2-3(4)5/h5-6,9-11,14-15,18-19,21-22,30-31H,1-2,7-8,12-13,16-17,20H2,3-4H3;5-7,10-11,14-15,17-18,25-26H,3-4,8-9,12-13,16,24H2,1-2H3;2H,1H2. The summed E-state index contributed by atoms with van der Waals surface area (Å²) in [5.41, 5.74) is 15.0. The van der Waals surface area contributed by atoms with E-state index in [1.807, 2.05) is 45.7 Å². The van der Waals surface area contributed by atoms with Gasteiger partial charge in [-0.3, -0.25) is 19.3 Å². The molecule has 0 saturated carbocycles. The highest BCUT2D eigenvalue weighted by Crippen LogP contribution is 2.29. The molecular weight excluding hydrogens is 884 g/mol. The predicted octanol–water partition coefficient (Wildman–Crippen LogP) is 11.7. The van der Waals surface area contributed by atoms with E-state index in [0.29, 0.717) is 18.4 Å². The Morgan fingerprint density at radius 3 is 1.39 bits per heavy atom. The van der Waals surface area contributed by atoms with Gasteiger partial charge in [-0.05, 0) is 97.2 Å². The van der Waals surface area contributed by atoms with E-state index < -0.39 is 5.24 Å². The summed E-state index contributed by atoms with van der Waals surface area (Å²) in [6.07, 6.45) is 15.7. The van der Waals surface area contributed by atoms with Crippen LogP contribution in [0.4, 0.5) is 23.0 Å². The van der Waals surface area contributed by atoms with Gasteiger partial charge in [0.1, 0.15) is 11.6 Å². The highest BCUT2D eigenvalue weighted by molar-refractivity contribution is 6.66. The summed E-state index contributed by atoms with van der Waals surface area (Å²) >= 11 is 4.71. The first-order valence-electron chi connectivity index (χ1n) is 24.1. The smallest absolute Gasteiger partial charge is 0.252 e. The van der Waals surface area contributed by atoms with Crippen molar-refractivity contribution in [1.29, 1.82) is 0 Å². The highest BCUT2D eigenvalue weighted by atomic mass is 35.5. The van der Waals surface area contributed by atoms with Gasteiger partial charge in [0, 0.05) is 67.4 Å². The number of halogens is 1. The Hall–Kier alpha value is -6.70. The molecule has 13 nitrogen and oxygen atoms in total. The SMILES string of the molecule is C=CC(=O)Cl.C=CC(=O)N(CCCCCCNc1cc(NCc2ccccc2)n2ncc(C(C)C)c2c1)C(=O)C=C.CC(C)c1cnn2c(NCc3ccccc3)cc(NCCCCCCN)cc12. The summed E-state index contributed by atoms with van der Waals surface area (Å²) in [5.74, 6) is 2.01. The van der Waals surface area contributed by atoms with Crippen LogP contribution in [0.25, 0.3) is 11.0 Å². The zero-order chi connectivity index (χ0) is 50.0. The number of amides is 2. The van der Waals surface area contributed by atoms with Gasteiger partial charge in [0.25, 0.3) is 11.8 Å². The van der Waals surface area contributed by atoms with Crippen molar-refractivity contribution in [3.63, 3.8) is 0 Å². The zero-order valence-corrected chi connectivity index (χ0v) is 41.8. The summed E-state index contributed by atoms with van der Waals surface area (Å²) in [6.45, 7) is 23.3. The molecule has 0 aliphatic carbocycles. The van der Waals surface area contributed by atoms with Crippen molar-refractivity contribution in [2.24, 2.45) is 5.73 Å². The average molecular weight is 958 g/mol. The number of nitrogens with one attached hydrogen (secondary N) is 4. The van der Waals surface area contributed by atoms with Crippen molar-refractivity contribution in [3.8, 4) is 0 Å². The van der Waals surface area contributed by atoms with E-state index in [4.69, 9.17) is 17.3 Å². The summed E-state index contributed by atoms with van der Waals surface area (Å²) in [6, 6.07) is 29.4. The lowest BCUT2D eigenvalue weighted by Gasteiger charge is -2.17. The molecule has 368 valence electrons. The number of rotatable bonds is 26. The number of benzene rings is 2. The predicted molar refractivity (Wildman–Crippen MR) is 287 cm³/mol. The minimum absolute atomic E-state index is 0.375. The number of unbranched alkanes of at least 4 members (excludes halogenated alkanes) is 6. The third-order valence-electron chi connectivity index (χ3n) is 11.3. The first-order chi connectivity index (χ1) is 33.4. The van der Waals surface area contributed by atoms with Crippen LogP contribution in [-0.2, 0) is 27.5 Å². The quantitative estimate of drug-likeness (QED) is 0.0201. The van der Waals surface area contributed by atoms with Crippen molar-refractivity contribution >= 4 is 62.7 Å². The molecule has 0 aliphatic rings. The maximum Gasteiger partial charge on any atom is 0.252 e. The van der Waals surface area contributed by atoms with Crippen LogP contribution in [-0.4, -0.2) is 67.4 Å². The summed E-state index contributed by atoms with van der Waals surface area (Å²) in [5, 5.41) is 23.0. The second-order valence-electron chi connectivity index (χ2n) is 17.3. The van der Waals surface area contributed by atoms with Crippen molar-refractivity contribution in [3.05, 3.63) is 158 Å². The third-order valence-corrected chi connectivity index (χ3v) is 11.5. The minimum Gasteiger partial charge on any atom is -0.385 e. The number of fused-ring (bicyclic) bond motifs is 2. The van der Waals surface area contributed by atoms with Gasteiger partial charge in [0.2, 0.25) is 5.24 Å². The summed E-state index contributed by atoms with van der Waals surface area (Å²) in [4.78, 5) is 34.3. The van der Waals surface area contributed by atoms with Crippen LogP contribution < -0.4 is 27.0 Å². The second-order valence-corrected chi connectivity index (χ2v) is 17.6. The fourth-order valence-corrected chi connectivity index (χ4v) is 7.52. The molecule has 0 saturated heterocycles. The molecule has 69 heavy (non-hydrogen) atoms. The number of pyridine rings is 2. The first kappa shape index (κ1) is 54.9. The van der Waals surface area contributed by atoms with Gasteiger partial charge in [-0.2, -0.15) is 10.2 Å². The molecule has 6 N–H and O–H groups in total. The molecular formula is C55H73ClN10O3. The van der Waals surface area contributed by atoms with E-state index in [9.17, 15) is 14.4 Å². The van der Waals surface area contributed by atoms with Gasteiger partial charge in [-0.25, -0.2) is 9.03 Å². The molecule has 0 aliphatic heterocycles. The molecule has 0 spiro atoms. The van der Waals surface area contributed by atoms with E-state index in [2.05, 4.69) is 140 Å². The first-order valence-corrected chi connectivity index (χ1v) is 24.5. The Kier molecular flexibility index (Phi) is 23.8. The Balaban J connectivity index is 0.000000280. The molecule has 6 rings (SSSR count). The average Bonchev–Trinajstić information content (AvgIpc) is 4.01. The van der Waals surface area contributed by atoms with E-state index in [0.717, 1.165) is 118 Å². The van der Waals surface area contributed by atoms with E-state index in [1.54, 1.807) is 0 Å². The lowest BCUT2D eigenvalue weighted by atomic mass is 10.1. The van der Waals surface area contributed by atoms with E-state index >= 15 is 0 Å². The highest BCUT2D eigenvalue weighted by Gasteiger charge is 2.16. The number of allylic oxidation sites excluding steroid dienone is 1. The number of carbonyl (C=O) groups is 3. The Morgan fingerprint density at radius 1 is 0.609 bits per heavy atom. The van der Waals surface area contributed by atoms with Gasteiger partial charge in [-0.15, -0.1) is 0 Å². The van der Waals surface area contributed by atoms with Gasteiger partial charge in [-0.1, -0.05) is 134 Å². The summed E-state index contributed by atoms with van der Waals surface area (Å²) in [7, 11) is 0. The lowest BCUT2D eigenvalue weighted by molar-refractivity contribution is -0.138. The molecule has 4 heterocycles. The van der Waals surface area contributed by atoms with Crippen molar-refractivity contribution in [2.45, 2.75) is 104 Å². The molecule has 6 aromatic rings. The van der Waals surface area contributed by atoms with Crippen molar-refractivity contribution < 1.29 is 14.4 Å². The molecule has 0 atom stereocenters. The van der Waals surface area contributed by atoms with E-state index in [1.165, 1.54) is 45.5 Å². The molecule has 0 bridgehead atoms. The van der Waals surface area contributed by atoms with Crippen LogP contribution in [0.3, 0.4) is 0 Å². The topological polar surface area (TPSA) is 163 Å². The Labute approximate surface area is 414 Å². The minimum atomic E-state index is -0.509. The monoisotopic (exact) mass is 957 g/mol.